The summed E-state index contributed by atoms with van der Waals surface area (Å²) in [6, 6.07) is 0. The molecule has 1 radical (unpaired) electrons. The van der Waals surface area contributed by atoms with Crippen molar-refractivity contribution < 1.29 is 14.7 Å². The molecule has 4 nitrogen and oxygen atoms in total. The normalized spacial score (nSPS) is 6.00. The molecule has 0 unspecified atom stereocenters. The minimum absolute atomic E-state index is 0.278. The first-order valence-corrected chi connectivity index (χ1v) is 1.16. The minimum Gasteiger partial charge on any atom is -0.361 e. The molecular weight excluding hydrogens is 84.0 g/mol. The Morgan fingerprint density at radius 1 is 1.83 bits per heavy atom. The molecule has 0 amide bonds. The number of carbonyl (C=O) groups excluding carboxylic acids is 1. The molecule has 0 aromatic carbocycles. The van der Waals surface area contributed by atoms with Gasteiger partial charge in [0.25, 0.3) is 0 Å². The lowest BCUT2D eigenvalue weighted by Crippen LogP contribution is -1.91. The summed E-state index contributed by atoms with van der Waals surface area (Å²) in [5, 5.41) is 9.18. The maximum absolute atomic E-state index is 9.18. The Balaban J connectivity index is 3.60. The first-order valence-electron chi connectivity index (χ1n) is 1.16. The molecular formula is C2HN2O2. The summed E-state index contributed by atoms with van der Waals surface area (Å²) in [6.07, 6.45) is 0.278. The van der Waals surface area contributed by atoms with Crippen molar-refractivity contribution in [1.82, 2.24) is 0 Å². The van der Waals surface area contributed by atoms with E-state index in [-0.39, 0.29) is 6.21 Å². The highest BCUT2D eigenvalue weighted by Gasteiger charge is 1.93. The van der Waals surface area contributed by atoms with Crippen LogP contribution < -0.4 is 0 Å². The lowest BCUT2D eigenvalue weighted by atomic mass is 10.8. The SMILES string of the molecule is [N-]=[N+]=CC([O])=O. The summed E-state index contributed by atoms with van der Waals surface area (Å²) in [4.78, 5) is 11.3. The van der Waals surface area contributed by atoms with Crippen molar-refractivity contribution in [2.45, 2.75) is 0 Å². The summed E-state index contributed by atoms with van der Waals surface area (Å²) in [5.74, 6) is -1.50. The van der Waals surface area contributed by atoms with Gasteiger partial charge in [0.1, 0.15) is 0 Å². The zero-order chi connectivity index (χ0) is 4.99. The van der Waals surface area contributed by atoms with Crippen LogP contribution in [0.2, 0.25) is 0 Å². The molecule has 0 fully saturated rings. The van der Waals surface area contributed by atoms with Crippen molar-refractivity contribution in [3.63, 3.8) is 0 Å². The smallest absolute Gasteiger partial charge is 0.361 e. The number of hydrogen-bond acceptors (Lipinski definition) is 1. The van der Waals surface area contributed by atoms with Crippen LogP contribution in [-0.2, 0) is 9.90 Å². The van der Waals surface area contributed by atoms with Crippen LogP contribution in [0.4, 0.5) is 0 Å². The molecule has 0 aromatic heterocycles. The first kappa shape index (κ1) is 4.85. The largest absolute Gasteiger partial charge is 0.459 e. The molecule has 0 bridgehead atoms. The van der Waals surface area contributed by atoms with Gasteiger partial charge in [-0.1, -0.05) is 0 Å². The molecule has 6 heavy (non-hydrogen) atoms. The van der Waals surface area contributed by atoms with Gasteiger partial charge in [0, 0.05) is 0 Å². The van der Waals surface area contributed by atoms with E-state index in [0.717, 1.165) is 0 Å². The highest BCUT2D eigenvalue weighted by atomic mass is 16.4. The van der Waals surface area contributed by atoms with Crippen LogP contribution in [0.25, 0.3) is 5.53 Å². The van der Waals surface area contributed by atoms with Crippen molar-refractivity contribution in [2.24, 2.45) is 0 Å². The van der Waals surface area contributed by atoms with Crippen molar-refractivity contribution in [2.75, 3.05) is 0 Å². The van der Waals surface area contributed by atoms with Gasteiger partial charge in [-0.25, -0.2) is 9.90 Å². The molecule has 0 rings (SSSR count). The van der Waals surface area contributed by atoms with E-state index in [1.54, 1.807) is 0 Å². The highest BCUT2D eigenvalue weighted by molar-refractivity contribution is 6.19. The third-order valence-corrected chi connectivity index (χ3v) is 0.163. The quantitative estimate of drug-likeness (QED) is 0.234. The van der Waals surface area contributed by atoms with E-state index < -0.39 is 5.97 Å². The second kappa shape index (κ2) is 2.11. The summed E-state index contributed by atoms with van der Waals surface area (Å²) >= 11 is 0. The maximum Gasteiger partial charge on any atom is 0.459 e. The molecule has 31 valence electrons. The van der Waals surface area contributed by atoms with E-state index >= 15 is 0 Å². The summed E-state index contributed by atoms with van der Waals surface area (Å²) < 4.78 is 0. The average Bonchev–Trinajstić information content (AvgIpc) is 1.35. The first-order chi connectivity index (χ1) is 2.77. The molecule has 0 N–H and O–H groups in total. The molecule has 0 aromatic rings. The third kappa shape index (κ3) is 2.85. The Kier molecular flexibility index (Phi) is 1.71. The van der Waals surface area contributed by atoms with Crippen molar-refractivity contribution in [3.8, 4) is 0 Å². The molecule has 0 aliphatic carbocycles. The molecule has 0 atom stereocenters. The fraction of sp³-hybridized carbons (Fsp3) is 0. The Bertz CT molecular complexity index is 102. The second-order valence-electron chi connectivity index (χ2n) is 0.564. The molecule has 0 saturated heterocycles. The molecule has 0 heterocycles. The second-order valence-corrected chi connectivity index (χ2v) is 0.564. The lowest BCUT2D eigenvalue weighted by molar-refractivity contribution is -0.138. The minimum atomic E-state index is -1.50. The standard InChI is InChI=1S/C2HN2O2/c3-4-1-2(5)6/h1H. The van der Waals surface area contributed by atoms with Gasteiger partial charge in [-0.05, 0) is 0 Å². The van der Waals surface area contributed by atoms with Crippen LogP contribution in [0.1, 0.15) is 0 Å². The average molecular weight is 85.0 g/mol. The molecule has 0 aliphatic rings. The van der Waals surface area contributed by atoms with Crippen LogP contribution >= 0.6 is 0 Å². The van der Waals surface area contributed by atoms with Gasteiger partial charge in [-0.2, -0.15) is 4.79 Å². The van der Waals surface area contributed by atoms with Gasteiger partial charge in [0.05, 0.1) is 0 Å². The van der Waals surface area contributed by atoms with Crippen LogP contribution in [0.15, 0.2) is 0 Å². The molecule has 0 aliphatic heterocycles. The highest BCUT2D eigenvalue weighted by Crippen LogP contribution is 1.43. The Hall–Kier alpha value is -1.15. The van der Waals surface area contributed by atoms with Gasteiger partial charge in [-0.15, -0.1) is 0 Å². The van der Waals surface area contributed by atoms with E-state index in [1.165, 1.54) is 0 Å². The van der Waals surface area contributed by atoms with Gasteiger partial charge in [-0.3, -0.25) is 0 Å². The number of rotatable bonds is 1. The summed E-state index contributed by atoms with van der Waals surface area (Å²) in [5.41, 5.74) is 7.39. The van der Waals surface area contributed by atoms with E-state index in [1.807, 2.05) is 0 Å². The molecule has 0 saturated carbocycles. The van der Waals surface area contributed by atoms with Crippen molar-refractivity contribution in [1.29, 1.82) is 0 Å². The van der Waals surface area contributed by atoms with Gasteiger partial charge < -0.3 is 5.53 Å². The maximum atomic E-state index is 9.18. The molecule has 4 heteroatoms. The predicted molar refractivity (Wildman–Crippen MR) is 15.4 cm³/mol. The zero-order valence-electron chi connectivity index (χ0n) is 2.79. The zero-order valence-corrected chi connectivity index (χ0v) is 2.79. The summed E-state index contributed by atoms with van der Waals surface area (Å²) in [7, 11) is 0. The van der Waals surface area contributed by atoms with E-state index in [0.29, 0.717) is 0 Å². The van der Waals surface area contributed by atoms with Gasteiger partial charge in [0.2, 0.25) is 0 Å². The Morgan fingerprint density at radius 3 is 2.33 bits per heavy atom. The number of carbonyl (C=O) groups is 1. The van der Waals surface area contributed by atoms with Crippen molar-refractivity contribution in [3.05, 3.63) is 5.53 Å². The summed E-state index contributed by atoms with van der Waals surface area (Å²) in [6.45, 7) is 0. The van der Waals surface area contributed by atoms with Crippen LogP contribution in [0, 0.1) is 0 Å². The fourth-order valence-electron chi connectivity index (χ4n) is 0.0471. The van der Waals surface area contributed by atoms with Crippen molar-refractivity contribution >= 4 is 12.2 Å². The van der Waals surface area contributed by atoms with Gasteiger partial charge >= 0.3 is 12.2 Å². The van der Waals surface area contributed by atoms with E-state index in [4.69, 9.17) is 5.53 Å². The van der Waals surface area contributed by atoms with Crippen LogP contribution in [0.3, 0.4) is 0 Å². The number of hydrogen-bond donors (Lipinski definition) is 0. The Labute approximate surface area is 33.6 Å². The lowest BCUT2D eigenvalue weighted by Gasteiger charge is -1.50. The van der Waals surface area contributed by atoms with Crippen LogP contribution in [-0.4, -0.2) is 17.0 Å². The topological polar surface area (TPSA) is 73.4 Å². The monoisotopic (exact) mass is 85.0 g/mol. The Morgan fingerprint density at radius 2 is 2.33 bits per heavy atom. The number of nitrogens with zero attached hydrogens (tertiary/aromatic N) is 2. The van der Waals surface area contributed by atoms with Gasteiger partial charge in [0.15, 0.2) is 0 Å². The molecule has 0 spiro atoms. The van der Waals surface area contributed by atoms with E-state index in [2.05, 4.69) is 4.79 Å². The van der Waals surface area contributed by atoms with E-state index in [9.17, 15) is 9.90 Å². The fourth-order valence-corrected chi connectivity index (χ4v) is 0.0471. The third-order valence-electron chi connectivity index (χ3n) is 0.163. The predicted octanol–water partition coefficient (Wildman–Crippen LogP) is -0.756. The van der Waals surface area contributed by atoms with Crippen LogP contribution in [0.5, 0.6) is 0 Å².